The molecule has 3 fully saturated rings. The summed E-state index contributed by atoms with van der Waals surface area (Å²) in [5.41, 5.74) is 1.55. The Kier molecular flexibility index (Phi) is 2.14. The molecule has 0 amide bonds. The van der Waals surface area contributed by atoms with Crippen molar-refractivity contribution in [1.29, 1.82) is 0 Å². The molecule has 17 heavy (non-hydrogen) atoms. The van der Waals surface area contributed by atoms with Crippen molar-refractivity contribution in [3.8, 4) is 0 Å². The molecule has 0 bridgehead atoms. The Morgan fingerprint density at radius 1 is 1.00 bits per heavy atom. The molecule has 2 saturated carbocycles. The van der Waals surface area contributed by atoms with Crippen molar-refractivity contribution in [3.63, 3.8) is 0 Å². The average molecular weight is 228 g/mol. The molecule has 90 valence electrons. The largest absolute Gasteiger partial charge is 0.361 e. The van der Waals surface area contributed by atoms with Gasteiger partial charge in [-0.05, 0) is 30.2 Å². The number of epoxide rings is 1. The maximum Gasteiger partial charge on any atom is 0.120 e. The van der Waals surface area contributed by atoms with Crippen LogP contribution in [0.2, 0.25) is 0 Å². The molecule has 1 aliphatic heterocycles. The van der Waals surface area contributed by atoms with E-state index < -0.39 is 0 Å². The maximum absolute atomic E-state index is 6.14. The number of benzene rings is 1. The third-order valence-corrected chi connectivity index (χ3v) is 5.23. The molecule has 1 aromatic carbocycles. The number of hydrogen-bond donors (Lipinski definition) is 0. The van der Waals surface area contributed by atoms with Crippen molar-refractivity contribution >= 4 is 0 Å². The lowest BCUT2D eigenvalue weighted by molar-refractivity contribution is 0.158. The zero-order valence-corrected chi connectivity index (χ0v) is 10.3. The first-order chi connectivity index (χ1) is 8.38. The summed E-state index contributed by atoms with van der Waals surface area (Å²) >= 11 is 0. The van der Waals surface area contributed by atoms with Crippen LogP contribution in [0.1, 0.15) is 44.1 Å². The van der Waals surface area contributed by atoms with Crippen LogP contribution in [0.25, 0.3) is 0 Å². The molecule has 1 aromatic rings. The Bertz CT molecular complexity index is 413. The summed E-state index contributed by atoms with van der Waals surface area (Å²) in [4.78, 5) is 0. The van der Waals surface area contributed by atoms with Crippen molar-refractivity contribution in [1.82, 2.24) is 0 Å². The van der Waals surface area contributed by atoms with Crippen molar-refractivity contribution in [2.45, 2.75) is 50.2 Å². The third kappa shape index (κ3) is 1.48. The highest BCUT2D eigenvalue weighted by atomic mass is 16.6. The Hall–Kier alpha value is -0.820. The van der Waals surface area contributed by atoms with Gasteiger partial charge in [-0.15, -0.1) is 0 Å². The maximum atomic E-state index is 6.14. The molecule has 0 radical (unpaired) electrons. The Morgan fingerprint density at radius 3 is 2.59 bits per heavy atom. The van der Waals surface area contributed by atoms with Crippen molar-refractivity contribution in [3.05, 3.63) is 35.9 Å². The molecule has 1 heteroatoms. The minimum absolute atomic E-state index is 0.125. The summed E-state index contributed by atoms with van der Waals surface area (Å²) in [7, 11) is 0. The molecule has 0 unspecified atom stereocenters. The quantitative estimate of drug-likeness (QED) is 0.664. The second-order valence-electron chi connectivity index (χ2n) is 6.11. The highest BCUT2D eigenvalue weighted by molar-refractivity contribution is 5.30. The van der Waals surface area contributed by atoms with E-state index in [0.717, 1.165) is 11.8 Å². The first-order valence-electron chi connectivity index (χ1n) is 7.12. The van der Waals surface area contributed by atoms with Crippen LogP contribution in [0.5, 0.6) is 0 Å². The van der Waals surface area contributed by atoms with E-state index in [4.69, 9.17) is 4.74 Å². The second-order valence-corrected chi connectivity index (χ2v) is 6.11. The zero-order chi connectivity index (χ0) is 11.3. The fourth-order valence-corrected chi connectivity index (χ4v) is 4.26. The molecule has 2 aliphatic carbocycles. The zero-order valence-electron chi connectivity index (χ0n) is 10.3. The molecule has 4 atom stereocenters. The monoisotopic (exact) mass is 228 g/mol. The molecule has 4 rings (SSSR count). The van der Waals surface area contributed by atoms with Gasteiger partial charge in [0.2, 0.25) is 0 Å². The van der Waals surface area contributed by atoms with Gasteiger partial charge in [-0.25, -0.2) is 0 Å². The van der Waals surface area contributed by atoms with Gasteiger partial charge in [0.15, 0.2) is 0 Å². The van der Waals surface area contributed by atoms with Gasteiger partial charge < -0.3 is 4.74 Å². The summed E-state index contributed by atoms with van der Waals surface area (Å²) in [5, 5.41) is 0. The Morgan fingerprint density at radius 2 is 1.76 bits per heavy atom. The molecule has 0 spiro atoms. The van der Waals surface area contributed by atoms with E-state index in [1.807, 2.05) is 0 Å². The van der Waals surface area contributed by atoms with Gasteiger partial charge in [-0.3, -0.25) is 0 Å². The number of ether oxygens (including phenoxy) is 1. The van der Waals surface area contributed by atoms with E-state index in [-0.39, 0.29) is 5.60 Å². The van der Waals surface area contributed by atoms with Gasteiger partial charge in [0.05, 0.1) is 6.10 Å². The number of fused-ring (bicyclic) bond motifs is 2. The fourth-order valence-electron chi connectivity index (χ4n) is 4.26. The molecule has 3 aliphatic rings. The number of hydrogen-bond acceptors (Lipinski definition) is 1. The summed E-state index contributed by atoms with van der Waals surface area (Å²) in [6, 6.07) is 10.9. The van der Waals surface area contributed by atoms with Gasteiger partial charge in [0.1, 0.15) is 5.60 Å². The second kappa shape index (κ2) is 3.58. The van der Waals surface area contributed by atoms with Crippen molar-refractivity contribution in [2.24, 2.45) is 11.8 Å². The highest BCUT2D eigenvalue weighted by Gasteiger charge is 2.62. The molecule has 1 nitrogen and oxygen atoms in total. The summed E-state index contributed by atoms with van der Waals surface area (Å²) in [5.74, 6) is 1.90. The summed E-state index contributed by atoms with van der Waals surface area (Å²) in [6.07, 6.45) is 8.92. The lowest BCUT2D eigenvalue weighted by atomic mass is 9.66. The molecule has 1 saturated heterocycles. The lowest BCUT2D eigenvalue weighted by Gasteiger charge is -2.36. The van der Waals surface area contributed by atoms with Crippen LogP contribution in [0, 0.1) is 11.8 Å². The van der Waals surface area contributed by atoms with Crippen LogP contribution in [-0.4, -0.2) is 6.10 Å². The topological polar surface area (TPSA) is 12.5 Å². The molecular weight excluding hydrogens is 208 g/mol. The van der Waals surface area contributed by atoms with Crippen molar-refractivity contribution < 1.29 is 4.74 Å². The van der Waals surface area contributed by atoms with Crippen molar-refractivity contribution in [2.75, 3.05) is 0 Å². The van der Waals surface area contributed by atoms with Crippen LogP contribution in [-0.2, 0) is 10.3 Å². The summed E-state index contributed by atoms with van der Waals surface area (Å²) in [6.45, 7) is 0. The van der Waals surface area contributed by atoms with Crippen LogP contribution in [0.3, 0.4) is 0 Å². The first kappa shape index (κ1) is 10.1. The van der Waals surface area contributed by atoms with E-state index in [9.17, 15) is 0 Å². The average Bonchev–Trinajstić information content (AvgIpc) is 3.11. The van der Waals surface area contributed by atoms with E-state index in [1.165, 1.54) is 44.1 Å². The lowest BCUT2D eigenvalue weighted by Crippen LogP contribution is -2.32. The highest BCUT2D eigenvalue weighted by Crippen LogP contribution is 2.60. The predicted octanol–water partition coefficient (Wildman–Crippen LogP) is 3.88. The van der Waals surface area contributed by atoms with Gasteiger partial charge in [0.25, 0.3) is 0 Å². The van der Waals surface area contributed by atoms with Crippen LogP contribution < -0.4 is 0 Å². The smallest absolute Gasteiger partial charge is 0.120 e. The van der Waals surface area contributed by atoms with Gasteiger partial charge in [-0.2, -0.15) is 0 Å². The van der Waals surface area contributed by atoms with Gasteiger partial charge in [0, 0.05) is 0 Å². The van der Waals surface area contributed by atoms with Crippen LogP contribution in [0.15, 0.2) is 30.3 Å². The molecule has 0 aromatic heterocycles. The SMILES string of the molecule is c1ccc([C@]23C[C@@H]4CCCC[C@H]4C[C@H]2O3)cc1. The fraction of sp³-hybridized carbons (Fsp3) is 0.625. The first-order valence-corrected chi connectivity index (χ1v) is 7.12. The van der Waals surface area contributed by atoms with E-state index in [1.54, 1.807) is 0 Å². The minimum Gasteiger partial charge on any atom is -0.361 e. The standard InChI is InChI=1S/C16H20O/c1-2-8-14(9-3-1)16-11-13-7-5-4-6-12(13)10-15(16)17-16/h1-3,8-9,12-13,15H,4-7,10-11H2/t12-,13-,15+,16+/m0/s1. The van der Waals surface area contributed by atoms with E-state index >= 15 is 0 Å². The van der Waals surface area contributed by atoms with E-state index in [0.29, 0.717) is 6.10 Å². The molecule has 1 heterocycles. The Balaban J connectivity index is 1.62. The minimum atomic E-state index is 0.125. The molecule has 0 N–H and O–H groups in total. The van der Waals surface area contributed by atoms with Gasteiger partial charge >= 0.3 is 0 Å². The molecular formula is C16H20O. The summed E-state index contributed by atoms with van der Waals surface area (Å²) < 4.78 is 6.14. The van der Waals surface area contributed by atoms with Gasteiger partial charge in [-0.1, -0.05) is 56.0 Å². The predicted molar refractivity (Wildman–Crippen MR) is 67.7 cm³/mol. The van der Waals surface area contributed by atoms with Crippen LogP contribution in [0.4, 0.5) is 0 Å². The number of rotatable bonds is 1. The Labute approximate surface area is 103 Å². The van der Waals surface area contributed by atoms with Crippen LogP contribution >= 0.6 is 0 Å². The third-order valence-electron chi connectivity index (χ3n) is 5.23. The van der Waals surface area contributed by atoms with E-state index in [2.05, 4.69) is 30.3 Å². The normalized spacial score (nSPS) is 43.6.